The summed E-state index contributed by atoms with van der Waals surface area (Å²) in [4.78, 5) is 27.6. The Balaban J connectivity index is 2.17. The van der Waals surface area contributed by atoms with Gasteiger partial charge in [0.05, 0.1) is 6.54 Å². The second-order valence-corrected chi connectivity index (χ2v) is 4.98. The lowest BCUT2D eigenvalue weighted by Gasteiger charge is -2.19. The number of carbonyl (C=O) groups is 2. The van der Waals surface area contributed by atoms with Gasteiger partial charge in [0, 0.05) is 31.3 Å². The van der Waals surface area contributed by atoms with E-state index in [9.17, 15) is 9.59 Å². The van der Waals surface area contributed by atoms with Crippen molar-refractivity contribution in [3.8, 4) is 11.8 Å². The maximum Gasteiger partial charge on any atom is 0.254 e. The Bertz CT molecular complexity index is 601. The monoisotopic (exact) mass is 285 g/mol. The molecule has 1 aromatic carbocycles. The smallest absolute Gasteiger partial charge is 0.254 e. The third kappa shape index (κ3) is 3.83. The zero-order valence-electron chi connectivity index (χ0n) is 12.1. The summed E-state index contributed by atoms with van der Waals surface area (Å²) in [5, 5.41) is 0. The molecule has 1 heterocycles. The van der Waals surface area contributed by atoms with Crippen molar-refractivity contribution in [2.24, 2.45) is 5.73 Å². The molecule has 1 aromatic rings. The Morgan fingerprint density at radius 1 is 1.38 bits per heavy atom. The molecule has 1 fully saturated rings. The van der Waals surface area contributed by atoms with Crippen molar-refractivity contribution in [2.45, 2.75) is 6.42 Å². The van der Waals surface area contributed by atoms with E-state index in [0.29, 0.717) is 18.7 Å². The minimum atomic E-state index is -0.130. The van der Waals surface area contributed by atoms with E-state index in [1.54, 1.807) is 35.0 Å². The van der Waals surface area contributed by atoms with Gasteiger partial charge >= 0.3 is 0 Å². The molecule has 2 rings (SSSR count). The Labute approximate surface area is 124 Å². The molecule has 0 spiro atoms. The van der Waals surface area contributed by atoms with Crippen LogP contribution in [0.4, 0.5) is 0 Å². The number of nitrogens with zero attached hydrogens (tertiary/aromatic N) is 2. The number of carbonyl (C=O) groups excluding carboxylic acids is 2. The number of hydrogen-bond donors (Lipinski definition) is 1. The van der Waals surface area contributed by atoms with E-state index in [4.69, 9.17) is 5.73 Å². The zero-order chi connectivity index (χ0) is 15.2. The van der Waals surface area contributed by atoms with Crippen molar-refractivity contribution >= 4 is 11.8 Å². The Morgan fingerprint density at radius 3 is 2.95 bits per heavy atom. The van der Waals surface area contributed by atoms with Crippen LogP contribution in [0.2, 0.25) is 0 Å². The normalized spacial score (nSPS) is 15.2. The summed E-state index contributed by atoms with van der Waals surface area (Å²) in [7, 11) is 1.76. The van der Waals surface area contributed by atoms with Crippen molar-refractivity contribution < 1.29 is 9.59 Å². The first-order valence-corrected chi connectivity index (χ1v) is 6.94. The SMILES string of the molecule is CN1CCCN(C(=O)c2cccc(C#CCN)c2)CC1=O. The largest absolute Gasteiger partial charge is 0.344 e. The summed E-state index contributed by atoms with van der Waals surface area (Å²) in [5.74, 6) is 5.52. The number of likely N-dealkylation sites (N-methyl/N-ethyl adjacent to an activating group) is 1. The minimum absolute atomic E-state index is 0.0278. The quantitative estimate of drug-likeness (QED) is 0.755. The Hall–Kier alpha value is -2.32. The molecule has 21 heavy (non-hydrogen) atoms. The molecule has 5 heteroatoms. The first kappa shape index (κ1) is 15.1. The van der Waals surface area contributed by atoms with Gasteiger partial charge in [0.2, 0.25) is 5.91 Å². The third-order valence-electron chi connectivity index (χ3n) is 3.40. The van der Waals surface area contributed by atoms with Crippen LogP contribution in [0.5, 0.6) is 0 Å². The summed E-state index contributed by atoms with van der Waals surface area (Å²) in [6.07, 6.45) is 0.792. The lowest BCUT2D eigenvalue weighted by Crippen LogP contribution is -2.38. The van der Waals surface area contributed by atoms with E-state index in [2.05, 4.69) is 11.8 Å². The van der Waals surface area contributed by atoms with Crippen molar-refractivity contribution in [3.63, 3.8) is 0 Å². The summed E-state index contributed by atoms with van der Waals surface area (Å²) < 4.78 is 0. The second kappa shape index (κ2) is 6.91. The first-order valence-electron chi connectivity index (χ1n) is 6.94. The molecule has 5 nitrogen and oxygen atoms in total. The molecule has 110 valence electrons. The predicted molar refractivity (Wildman–Crippen MR) is 80.5 cm³/mol. The average molecular weight is 285 g/mol. The predicted octanol–water partition coefficient (Wildman–Crippen LogP) is 0.301. The average Bonchev–Trinajstić information content (AvgIpc) is 2.67. The number of amides is 2. The van der Waals surface area contributed by atoms with Gasteiger partial charge in [0.1, 0.15) is 6.54 Å². The lowest BCUT2D eigenvalue weighted by molar-refractivity contribution is -0.129. The van der Waals surface area contributed by atoms with Gasteiger partial charge in [-0.1, -0.05) is 17.9 Å². The highest BCUT2D eigenvalue weighted by atomic mass is 16.2. The molecule has 1 aliphatic rings. The van der Waals surface area contributed by atoms with Gasteiger partial charge in [-0.2, -0.15) is 0 Å². The van der Waals surface area contributed by atoms with Gasteiger partial charge < -0.3 is 15.5 Å². The molecule has 0 bridgehead atoms. The molecule has 1 saturated heterocycles. The standard InChI is InChI=1S/C16H19N3O2/c1-18-9-4-10-19(12-15(18)20)16(21)14-7-2-5-13(11-14)6-3-8-17/h2,5,7,11H,4,8-10,12,17H2,1H3. The van der Waals surface area contributed by atoms with Gasteiger partial charge in [-0.05, 0) is 24.6 Å². The van der Waals surface area contributed by atoms with Crippen LogP contribution in [-0.4, -0.2) is 54.8 Å². The molecule has 0 saturated carbocycles. The van der Waals surface area contributed by atoms with Crippen molar-refractivity contribution in [1.82, 2.24) is 9.80 Å². The fraction of sp³-hybridized carbons (Fsp3) is 0.375. The van der Waals surface area contributed by atoms with E-state index < -0.39 is 0 Å². The molecule has 2 N–H and O–H groups in total. The van der Waals surface area contributed by atoms with E-state index in [1.807, 2.05) is 6.07 Å². The molecule has 0 aromatic heterocycles. The van der Waals surface area contributed by atoms with Gasteiger partial charge in [-0.25, -0.2) is 0 Å². The molecule has 0 aliphatic carbocycles. The Morgan fingerprint density at radius 2 is 2.19 bits per heavy atom. The van der Waals surface area contributed by atoms with Crippen LogP contribution < -0.4 is 5.73 Å². The highest BCUT2D eigenvalue weighted by molar-refractivity contribution is 5.97. The zero-order valence-corrected chi connectivity index (χ0v) is 12.1. The number of hydrogen-bond acceptors (Lipinski definition) is 3. The van der Waals surface area contributed by atoms with Gasteiger partial charge in [0.15, 0.2) is 0 Å². The second-order valence-electron chi connectivity index (χ2n) is 4.98. The molecular formula is C16H19N3O2. The van der Waals surface area contributed by atoms with E-state index in [0.717, 1.165) is 12.0 Å². The summed E-state index contributed by atoms with van der Waals surface area (Å²) in [6.45, 7) is 1.69. The molecule has 0 unspecified atom stereocenters. The highest BCUT2D eigenvalue weighted by Gasteiger charge is 2.23. The summed E-state index contributed by atoms with van der Waals surface area (Å²) in [5.41, 5.74) is 6.65. The fourth-order valence-electron chi connectivity index (χ4n) is 2.23. The third-order valence-corrected chi connectivity index (χ3v) is 3.40. The number of rotatable bonds is 1. The topological polar surface area (TPSA) is 66.6 Å². The van der Waals surface area contributed by atoms with E-state index in [1.165, 1.54) is 0 Å². The molecular weight excluding hydrogens is 266 g/mol. The van der Waals surface area contributed by atoms with Crippen LogP contribution in [-0.2, 0) is 4.79 Å². The first-order chi connectivity index (χ1) is 10.1. The van der Waals surface area contributed by atoms with Gasteiger partial charge in [-0.3, -0.25) is 9.59 Å². The van der Waals surface area contributed by atoms with Gasteiger partial charge in [-0.15, -0.1) is 0 Å². The number of nitrogens with two attached hydrogens (primary N) is 1. The molecule has 0 radical (unpaired) electrons. The highest BCUT2D eigenvalue weighted by Crippen LogP contribution is 2.11. The van der Waals surface area contributed by atoms with Crippen molar-refractivity contribution in [2.75, 3.05) is 33.2 Å². The minimum Gasteiger partial charge on any atom is -0.344 e. The Kier molecular flexibility index (Phi) is 4.96. The molecule has 2 amide bonds. The molecule has 1 aliphatic heterocycles. The van der Waals surface area contributed by atoms with Crippen LogP contribution in [0.25, 0.3) is 0 Å². The van der Waals surface area contributed by atoms with Crippen LogP contribution in [0.15, 0.2) is 24.3 Å². The van der Waals surface area contributed by atoms with E-state index in [-0.39, 0.29) is 24.9 Å². The lowest BCUT2D eigenvalue weighted by atomic mass is 10.1. The van der Waals surface area contributed by atoms with Crippen LogP contribution in [0.1, 0.15) is 22.3 Å². The maximum atomic E-state index is 12.5. The maximum absolute atomic E-state index is 12.5. The number of benzene rings is 1. The van der Waals surface area contributed by atoms with Gasteiger partial charge in [0.25, 0.3) is 5.91 Å². The summed E-state index contributed by atoms with van der Waals surface area (Å²) >= 11 is 0. The van der Waals surface area contributed by atoms with Crippen LogP contribution in [0, 0.1) is 11.8 Å². The van der Waals surface area contributed by atoms with Crippen LogP contribution in [0.3, 0.4) is 0 Å². The van der Waals surface area contributed by atoms with E-state index >= 15 is 0 Å². The van der Waals surface area contributed by atoms with Crippen molar-refractivity contribution in [1.29, 1.82) is 0 Å². The van der Waals surface area contributed by atoms with Crippen LogP contribution >= 0.6 is 0 Å². The molecule has 0 atom stereocenters. The fourth-order valence-corrected chi connectivity index (χ4v) is 2.23. The van der Waals surface area contributed by atoms with Crippen molar-refractivity contribution in [3.05, 3.63) is 35.4 Å². The summed E-state index contributed by atoms with van der Waals surface area (Å²) in [6, 6.07) is 7.11.